The summed E-state index contributed by atoms with van der Waals surface area (Å²) in [4.78, 5) is 0. The van der Waals surface area contributed by atoms with Crippen molar-refractivity contribution in [2.75, 3.05) is 0 Å². The van der Waals surface area contributed by atoms with Crippen molar-refractivity contribution >= 4 is 0 Å². The third kappa shape index (κ3) is 5.36. The molecular formula is C30H30. The quantitative estimate of drug-likeness (QED) is 0.330. The van der Waals surface area contributed by atoms with E-state index in [1.807, 2.05) is 36.5 Å². The average molecular weight is 391 g/mol. The minimum absolute atomic E-state index is 0.657. The maximum absolute atomic E-state index is 4.17. The summed E-state index contributed by atoms with van der Waals surface area (Å²) in [7, 11) is 0. The molecule has 0 saturated heterocycles. The zero-order valence-corrected chi connectivity index (χ0v) is 17.8. The minimum atomic E-state index is 0.657. The lowest BCUT2D eigenvalue weighted by atomic mass is 9.97. The normalized spacial score (nSPS) is 19.8. The van der Waals surface area contributed by atoms with Crippen LogP contribution in [0.4, 0.5) is 0 Å². The topological polar surface area (TPSA) is 0 Å². The number of rotatable bonds is 10. The molecule has 3 aliphatic rings. The van der Waals surface area contributed by atoms with E-state index in [4.69, 9.17) is 0 Å². The molecule has 1 atom stereocenters. The van der Waals surface area contributed by atoms with Crippen molar-refractivity contribution in [3.63, 3.8) is 0 Å². The molecule has 0 bridgehead atoms. The fourth-order valence-electron chi connectivity index (χ4n) is 3.41. The molecule has 0 aliphatic heterocycles. The Morgan fingerprint density at radius 1 is 0.900 bits per heavy atom. The van der Waals surface area contributed by atoms with Gasteiger partial charge in [0.2, 0.25) is 0 Å². The second kappa shape index (κ2) is 9.41. The molecule has 0 spiro atoms. The van der Waals surface area contributed by atoms with Gasteiger partial charge in [-0.3, -0.25) is 0 Å². The number of hydrogen-bond donors (Lipinski definition) is 0. The van der Waals surface area contributed by atoms with Crippen LogP contribution < -0.4 is 0 Å². The van der Waals surface area contributed by atoms with Crippen molar-refractivity contribution in [3.8, 4) is 0 Å². The predicted octanol–water partition coefficient (Wildman–Crippen LogP) is 8.15. The molecule has 0 aromatic carbocycles. The van der Waals surface area contributed by atoms with Crippen LogP contribution in [0.2, 0.25) is 0 Å². The summed E-state index contributed by atoms with van der Waals surface area (Å²) in [6.07, 6.45) is 26.0. The first-order valence-corrected chi connectivity index (χ1v) is 10.3. The number of allylic oxidation sites excluding steroid dienone is 20. The average Bonchev–Trinajstić information content (AvgIpc) is 3.38. The largest absolute Gasteiger partial charge is 0.0984 e. The van der Waals surface area contributed by atoms with Crippen molar-refractivity contribution < 1.29 is 0 Å². The number of fused-ring (bicyclic) bond motifs is 1. The maximum Gasteiger partial charge on any atom is 0.00271 e. The van der Waals surface area contributed by atoms with E-state index in [0.29, 0.717) is 5.92 Å². The predicted molar refractivity (Wildman–Crippen MR) is 133 cm³/mol. The third-order valence-electron chi connectivity index (χ3n) is 5.60. The van der Waals surface area contributed by atoms with Crippen molar-refractivity contribution in [1.82, 2.24) is 0 Å². The standard InChI is InChI=1S/C30H30/c1-7-26(28-18-29-20-30(29)19-28)17-25(6)23(4)14-13-21(2)22(3)15-16-24(5)27-11-9-8-10-12-27/h7-9,11,13-19,29H,1-6,10,12,20H2/b14-13-,16-15-,26-17+. The monoisotopic (exact) mass is 390 g/mol. The van der Waals surface area contributed by atoms with Crippen LogP contribution in [0.25, 0.3) is 0 Å². The Bertz CT molecular complexity index is 1050. The summed E-state index contributed by atoms with van der Waals surface area (Å²) < 4.78 is 0. The van der Waals surface area contributed by atoms with Gasteiger partial charge in [-0.1, -0.05) is 106 Å². The molecule has 30 heavy (non-hydrogen) atoms. The second-order valence-corrected chi connectivity index (χ2v) is 7.91. The van der Waals surface area contributed by atoms with E-state index in [2.05, 4.69) is 69.9 Å². The Balaban J connectivity index is 1.56. The van der Waals surface area contributed by atoms with Gasteiger partial charge in [-0.25, -0.2) is 0 Å². The van der Waals surface area contributed by atoms with Crippen LogP contribution in [0.1, 0.15) is 19.3 Å². The smallest absolute Gasteiger partial charge is 0.00271 e. The highest BCUT2D eigenvalue weighted by Gasteiger charge is 2.32. The van der Waals surface area contributed by atoms with Gasteiger partial charge in [-0.15, -0.1) is 0 Å². The summed E-state index contributed by atoms with van der Waals surface area (Å²) in [5, 5.41) is 0. The SMILES string of the molecule is C=C/C(=C\C(=C)C(=C)/C=C\C(=C)C(=C)/C=C\C(=C)C1=CC=CCC1)C1=CC2CC2=C1. The van der Waals surface area contributed by atoms with E-state index >= 15 is 0 Å². The highest BCUT2D eigenvalue weighted by molar-refractivity contribution is 5.60. The lowest BCUT2D eigenvalue weighted by Gasteiger charge is -2.09. The zero-order chi connectivity index (χ0) is 21.7. The molecule has 1 unspecified atom stereocenters. The molecule has 150 valence electrons. The van der Waals surface area contributed by atoms with Crippen LogP contribution in [0.15, 0.2) is 156 Å². The van der Waals surface area contributed by atoms with Crippen molar-refractivity contribution in [1.29, 1.82) is 0 Å². The van der Waals surface area contributed by atoms with E-state index < -0.39 is 0 Å². The molecule has 0 heterocycles. The van der Waals surface area contributed by atoms with Gasteiger partial charge in [0.15, 0.2) is 0 Å². The molecule has 3 rings (SSSR count). The first-order chi connectivity index (χ1) is 14.4. The van der Waals surface area contributed by atoms with Gasteiger partial charge < -0.3 is 0 Å². The molecular weight excluding hydrogens is 360 g/mol. The van der Waals surface area contributed by atoms with E-state index in [1.54, 1.807) is 0 Å². The van der Waals surface area contributed by atoms with Crippen molar-refractivity contribution in [2.24, 2.45) is 5.92 Å². The van der Waals surface area contributed by atoms with Gasteiger partial charge in [-0.05, 0) is 69.9 Å². The van der Waals surface area contributed by atoms with Gasteiger partial charge in [0.1, 0.15) is 0 Å². The van der Waals surface area contributed by atoms with Crippen LogP contribution in [0, 0.1) is 5.92 Å². The first kappa shape index (κ1) is 21.3. The first-order valence-electron chi connectivity index (χ1n) is 10.3. The van der Waals surface area contributed by atoms with Crippen LogP contribution in [0.3, 0.4) is 0 Å². The summed E-state index contributed by atoms with van der Waals surface area (Å²) in [5.74, 6) is 0.657. The molecule has 0 heteroatoms. The Morgan fingerprint density at radius 2 is 1.57 bits per heavy atom. The molecule has 1 saturated carbocycles. The molecule has 3 aliphatic carbocycles. The fraction of sp³-hybridized carbons (Fsp3) is 0.133. The third-order valence-corrected chi connectivity index (χ3v) is 5.60. The lowest BCUT2D eigenvalue weighted by Crippen LogP contribution is -1.89. The molecule has 0 aromatic heterocycles. The summed E-state index contributed by atoms with van der Waals surface area (Å²) in [6, 6.07) is 0. The van der Waals surface area contributed by atoms with Crippen LogP contribution >= 0.6 is 0 Å². The maximum atomic E-state index is 4.17. The van der Waals surface area contributed by atoms with Crippen LogP contribution in [-0.2, 0) is 0 Å². The van der Waals surface area contributed by atoms with E-state index in [1.165, 1.54) is 23.1 Å². The van der Waals surface area contributed by atoms with Crippen LogP contribution in [0.5, 0.6) is 0 Å². The van der Waals surface area contributed by atoms with Gasteiger partial charge in [0.05, 0.1) is 0 Å². The Labute approximate surface area is 181 Å². The van der Waals surface area contributed by atoms with E-state index in [-0.39, 0.29) is 0 Å². The van der Waals surface area contributed by atoms with Gasteiger partial charge in [-0.2, -0.15) is 0 Å². The lowest BCUT2D eigenvalue weighted by molar-refractivity contribution is 0.979. The fourth-order valence-corrected chi connectivity index (χ4v) is 3.41. The van der Waals surface area contributed by atoms with Crippen molar-refractivity contribution in [3.05, 3.63) is 156 Å². The zero-order valence-electron chi connectivity index (χ0n) is 17.8. The Hall–Kier alpha value is -3.38. The van der Waals surface area contributed by atoms with E-state index in [0.717, 1.165) is 46.3 Å². The Morgan fingerprint density at radius 3 is 2.13 bits per heavy atom. The summed E-state index contributed by atoms with van der Waals surface area (Å²) in [6.45, 7) is 24.6. The Kier molecular flexibility index (Phi) is 6.69. The summed E-state index contributed by atoms with van der Waals surface area (Å²) >= 11 is 0. The minimum Gasteiger partial charge on any atom is -0.0984 e. The van der Waals surface area contributed by atoms with Gasteiger partial charge >= 0.3 is 0 Å². The summed E-state index contributed by atoms with van der Waals surface area (Å²) in [5.41, 5.74) is 9.51. The number of hydrogen-bond acceptors (Lipinski definition) is 0. The molecule has 0 radical (unpaired) electrons. The van der Waals surface area contributed by atoms with Gasteiger partial charge in [0.25, 0.3) is 0 Å². The molecule has 1 fully saturated rings. The molecule has 0 nitrogen and oxygen atoms in total. The molecule has 0 aromatic rings. The molecule has 0 amide bonds. The van der Waals surface area contributed by atoms with Gasteiger partial charge in [0, 0.05) is 5.92 Å². The van der Waals surface area contributed by atoms with Crippen molar-refractivity contribution in [2.45, 2.75) is 19.3 Å². The highest BCUT2D eigenvalue weighted by atomic mass is 14.4. The second-order valence-electron chi connectivity index (χ2n) is 7.91. The highest BCUT2D eigenvalue weighted by Crippen LogP contribution is 2.46. The van der Waals surface area contributed by atoms with Crippen LogP contribution in [-0.4, -0.2) is 0 Å². The molecule has 0 N–H and O–H groups in total. The van der Waals surface area contributed by atoms with E-state index in [9.17, 15) is 0 Å².